The van der Waals surface area contributed by atoms with Crippen molar-refractivity contribution in [1.82, 2.24) is 0 Å². The van der Waals surface area contributed by atoms with Gasteiger partial charge in [-0.3, -0.25) is 4.79 Å². The van der Waals surface area contributed by atoms with Crippen molar-refractivity contribution in [1.29, 1.82) is 0 Å². The molecule has 0 amide bonds. The van der Waals surface area contributed by atoms with Crippen LogP contribution in [-0.2, 0) is 14.3 Å². The molecule has 5 unspecified atom stereocenters. The fourth-order valence-electron chi connectivity index (χ4n) is 3.88. The van der Waals surface area contributed by atoms with Crippen LogP contribution in [0.1, 0.15) is 64.7 Å². The van der Waals surface area contributed by atoms with Crippen molar-refractivity contribution in [3.05, 3.63) is 24.3 Å². The number of aliphatic hydroxyl groups excluding tert-OH is 1. The molecule has 0 aromatic rings. The van der Waals surface area contributed by atoms with Crippen LogP contribution in [0.25, 0.3) is 0 Å². The fraction of sp³-hybridized carbons (Fsp3) is 0.773. The molecule has 5 heteroatoms. The Labute approximate surface area is 164 Å². The summed E-state index contributed by atoms with van der Waals surface area (Å²) in [5, 5.41) is 18.9. The van der Waals surface area contributed by atoms with Gasteiger partial charge in [0.25, 0.3) is 0 Å². The quantitative estimate of drug-likeness (QED) is 0.345. The van der Waals surface area contributed by atoms with Gasteiger partial charge in [0.05, 0.1) is 18.3 Å². The molecule has 0 saturated heterocycles. The van der Waals surface area contributed by atoms with Crippen molar-refractivity contribution in [2.45, 2.75) is 83.0 Å². The second-order valence-corrected chi connectivity index (χ2v) is 7.47. The second-order valence-electron chi connectivity index (χ2n) is 7.47. The van der Waals surface area contributed by atoms with Gasteiger partial charge in [-0.25, -0.2) is 0 Å². The number of methoxy groups -OCH3 is 2. The van der Waals surface area contributed by atoms with Gasteiger partial charge in [-0.1, -0.05) is 50.5 Å². The average molecular weight is 383 g/mol. The zero-order valence-corrected chi connectivity index (χ0v) is 17.2. The Bertz CT molecular complexity index is 460. The monoisotopic (exact) mass is 382 g/mol. The maximum Gasteiger partial charge on any atom is 0.303 e. The Hall–Kier alpha value is -1.17. The Morgan fingerprint density at radius 2 is 1.89 bits per heavy atom. The maximum absolute atomic E-state index is 10.6. The summed E-state index contributed by atoms with van der Waals surface area (Å²) in [6, 6.07) is 0. The Morgan fingerprint density at radius 1 is 1.15 bits per heavy atom. The van der Waals surface area contributed by atoms with Gasteiger partial charge < -0.3 is 19.7 Å². The number of ether oxygens (including phenoxy) is 2. The molecular weight excluding hydrogens is 344 g/mol. The lowest BCUT2D eigenvalue weighted by atomic mass is 9.89. The fourth-order valence-corrected chi connectivity index (χ4v) is 3.88. The first-order chi connectivity index (χ1) is 13.0. The molecule has 0 aromatic carbocycles. The molecule has 1 aliphatic carbocycles. The number of carboxylic acids is 1. The van der Waals surface area contributed by atoms with Crippen LogP contribution in [0.3, 0.4) is 0 Å². The first kappa shape index (κ1) is 23.9. The molecule has 0 aromatic heterocycles. The van der Waals surface area contributed by atoms with Crippen LogP contribution in [0, 0.1) is 11.8 Å². The standard InChI is InChI=1S/C22H38O5/c1-4-5-8-11-17(23)14-15-19-18(20(26-2)16-21(19)27-3)12-9-6-7-10-13-22(24)25/h6,9,14-15,17-21,23H,4-5,7-8,10-13,16H2,1-3H3,(H,24,25). The molecule has 0 aliphatic heterocycles. The summed E-state index contributed by atoms with van der Waals surface area (Å²) in [5.74, 6) is -0.233. The zero-order chi connectivity index (χ0) is 20.1. The number of allylic oxidation sites excluding steroid dienone is 2. The molecule has 0 bridgehead atoms. The molecule has 5 atom stereocenters. The summed E-state index contributed by atoms with van der Waals surface area (Å²) in [7, 11) is 3.48. The highest BCUT2D eigenvalue weighted by Crippen LogP contribution is 2.39. The van der Waals surface area contributed by atoms with Crippen molar-refractivity contribution >= 4 is 5.97 Å². The first-order valence-corrected chi connectivity index (χ1v) is 10.3. The maximum atomic E-state index is 10.6. The minimum absolute atomic E-state index is 0.0967. The highest BCUT2D eigenvalue weighted by Gasteiger charge is 2.41. The van der Waals surface area contributed by atoms with Crippen LogP contribution < -0.4 is 0 Å². The molecule has 0 heterocycles. The van der Waals surface area contributed by atoms with Gasteiger partial charge in [0.2, 0.25) is 0 Å². The largest absolute Gasteiger partial charge is 0.481 e. The molecule has 1 saturated carbocycles. The number of carboxylic acid groups (broad SMARTS) is 1. The molecule has 1 fully saturated rings. The molecule has 1 aliphatic rings. The normalized spacial score (nSPS) is 27.0. The summed E-state index contributed by atoms with van der Waals surface area (Å²) < 4.78 is 11.4. The molecule has 0 radical (unpaired) electrons. The van der Waals surface area contributed by atoms with E-state index in [1.807, 2.05) is 6.08 Å². The molecule has 5 nitrogen and oxygen atoms in total. The lowest BCUT2D eigenvalue weighted by Gasteiger charge is -2.22. The molecule has 0 spiro atoms. The van der Waals surface area contributed by atoms with Gasteiger partial charge in [0.1, 0.15) is 0 Å². The third kappa shape index (κ3) is 9.04. The van der Waals surface area contributed by atoms with Crippen LogP contribution in [0.5, 0.6) is 0 Å². The Kier molecular flexibility index (Phi) is 12.3. The summed E-state index contributed by atoms with van der Waals surface area (Å²) in [6.07, 6.45) is 15.6. The third-order valence-electron chi connectivity index (χ3n) is 5.47. The number of unbranched alkanes of at least 4 members (excludes halogenated alkanes) is 3. The Morgan fingerprint density at radius 3 is 2.52 bits per heavy atom. The summed E-state index contributed by atoms with van der Waals surface area (Å²) >= 11 is 0. The van der Waals surface area contributed by atoms with Gasteiger partial charge >= 0.3 is 5.97 Å². The predicted molar refractivity (Wildman–Crippen MR) is 108 cm³/mol. The summed E-state index contributed by atoms with van der Waals surface area (Å²) in [6.45, 7) is 2.16. The van der Waals surface area contributed by atoms with E-state index in [1.54, 1.807) is 14.2 Å². The zero-order valence-electron chi connectivity index (χ0n) is 17.2. The van der Waals surface area contributed by atoms with E-state index in [1.165, 1.54) is 0 Å². The summed E-state index contributed by atoms with van der Waals surface area (Å²) in [5.41, 5.74) is 0. The van der Waals surface area contributed by atoms with E-state index >= 15 is 0 Å². The van der Waals surface area contributed by atoms with E-state index in [-0.39, 0.29) is 24.5 Å². The number of carbonyl (C=O) groups is 1. The average Bonchev–Trinajstić information content (AvgIpc) is 2.99. The second kappa shape index (κ2) is 13.9. The van der Waals surface area contributed by atoms with Crippen LogP contribution in [0.15, 0.2) is 24.3 Å². The van der Waals surface area contributed by atoms with Gasteiger partial charge in [0, 0.05) is 33.0 Å². The molecule has 1 rings (SSSR count). The number of aliphatic hydroxyl groups is 1. The van der Waals surface area contributed by atoms with E-state index in [0.717, 1.165) is 44.9 Å². The minimum Gasteiger partial charge on any atom is -0.481 e. The van der Waals surface area contributed by atoms with Crippen LogP contribution >= 0.6 is 0 Å². The lowest BCUT2D eigenvalue weighted by molar-refractivity contribution is -0.137. The van der Waals surface area contributed by atoms with Crippen molar-refractivity contribution in [3.63, 3.8) is 0 Å². The highest BCUT2D eigenvalue weighted by atomic mass is 16.5. The van der Waals surface area contributed by atoms with Crippen LogP contribution in [-0.4, -0.2) is 48.7 Å². The predicted octanol–water partition coefficient (Wildman–Crippen LogP) is 4.35. The molecular formula is C22H38O5. The van der Waals surface area contributed by atoms with E-state index in [9.17, 15) is 9.90 Å². The lowest BCUT2D eigenvalue weighted by Crippen LogP contribution is -2.22. The third-order valence-corrected chi connectivity index (χ3v) is 5.47. The van der Waals surface area contributed by atoms with Gasteiger partial charge in [-0.2, -0.15) is 0 Å². The van der Waals surface area contributed by atoms with E-state index in [2.05, 4.69) is 25.2 Å². The van der Waals surface area contributed by atoms with Crippen molar-refractivity contribution in [2.24, 2.45) is 11.8 Å². The van der Waals surface area contributed by atoms with E-state index in [0.29, 0.717) is 12.3 Å². The number of aliphatic carboxylic acids is 1. The Balaban J connectivity index is 2.63. The molecule has 2 N–H and O–H groups in total. The van der Waals surface area contributed by atoms with Crippen molar-refractivity contribution < 1.29 is 24.5 Å². The van der Waals surface area contributed by atoms with Crippen LogP contribution in [0.4, 0.5) is 0 Å². The SMILES string of the molecule is CCCCCC(O)C=CC1C(OC)CC(OC)C1CC=CCCCC(=O)O. The highest BCUT2D eigenvalue weighted by molar-refractivity contribution is 5.66. The number of rotatable bonds is 14. The minimum atomic E-state index is -0.746. The van der Waals surface area contributed by atoms with Crippen LogP contribution in [0.2, 0.25) is 0 Å². The molecule has 156 valence electrons. The van der Waals surface area contributed by atoms with Crippen molar-refractivity contribution in [3.8, 4) is 0 Å². The van der Waals surface area contributed by atoms with E-state index in [4.69, 9.17) is 14.6 Å². The number of hydrogen-bond donors (Lipinski definition) is 2. The van der Waals surface area contributed by atoms with Gasteiger partial charge in [0.15, 0.2) is 0 Å². The molecule has 27 heavy (non-hydrogen) atoms. The number of hydrogen-bond acceptors (Lipinski definition) is 4. The van der Waals surface area contributed by atoms with Gasteiger partial charge in [-0.05, 0) is 31.6 Å². The smallest absolute Gasteiger partial charge is 0.303 e. The first-order valence-electron chi connectivity index (χ1n) is 10.3. The summed E-state index contributed by atoms with van der Waals surface area (Å²) in [4.78, 5) is 10.6. The topological polar surface area (TPSA) is 76.0 Å². The van der Waals surface area contributed by atoms with E-state index < -0.39 is 12.1 Å². The van der Waals surface area contributed by atoms with Gasteiger partial charge in [-0.15, -0.1) is 0 Å². The van der Waals surface area contributed by atoms with Crippen molar-refractivity contribution in [2.75, 3.05) is 14.2 Å².